The number of nitrogens with one attached hydrogen (secondary N) is 1. The van der Waals surface area contributed by atoms with Gasteiger partial charge in [-0.05, 0) is 116 Å². The minimum atomic E-state index is 0.424. The number of nitrogens with zero attached hydrogens (tertiary/aromatic N) is 2. The first-order valence-electron chi connectivity index (χ1n) is 15.4. The zero-order valence-corrected chi connectivity index (χ0v) is 24.7. The summed E-state index contributed by atoms with van der Waals surface area (Å²) in [6.45, 7) is 1.52. The molecule has 0 radical (unpaired) electrons. The average Bonchev–Trinajstić information content (AvgIpc) is 3.60. The van der Waals surface area contributed by atoms with Gasteiger partial charge >= 0.3 is 0 Å². The number of rotatable bonds is 8. The number of hydrogen-bond acceptors (Lipinski definition) is 5. The summed E-state index contributed by atoms with van der Waals surface area (Å²) in [5.41, 5.74) is 5.32. The highest BCUT2D eigenvalue weighted by atomic mass is 32.2. The van der Waals surface area contributed by atoms with Crippen molar-refractivity contribution in [1.29, 1.82) is 0 Å². The molecule has 4 saturated carbocycles. The van der Waals surface area contributed by atoms with Crippen molar-refractivity contribution < 1.29 is 9.47 Å². The van der Waals surface area contributed by atoms with Crippen molar-refractivity contribution in [3.05, 3.63) is 83.7 Å². The quantitative estimate of drug-likeness (QED) is 0.238. The van der Waals surface area contributed by atoms with Gasteiger partial charge in [-0.1, -0.05) is 24.3 Å². The molecule has 5 fully saturated rings. The number of fused-ring (bicyclic) bond motifs is 1. The van der Waals surface area contributed by atoms with Crippen molar-refractivity contribution in [2.24, 2.45) is 24.8 Å². The van der Waals surface area contributed by atoms with E-state index >= 15 is 0 Å². The lowest BCUT2D eigenvalue weighted by Gasteiger charge is -2.57. The molecule has 2 heterocycles. The van der Waals surface area contributed by atoms with Crippen molar-refractivity contribution in [2.75, 3.05) is 12.4 Å². The second kappa shape index (κ2) is 10.4. The van der Waals surface area contributed by atoms with Crippen molar-refractivity contribution in [3.8, 4) is 17.2 Å². The topological polar surface area (TPSA) is 48.3 Å². The van der Waals surface area contributed by atoms with Crippen molar-refractivity contribution in [2.45, 2.75) is 62.2 Å². The Morgan fingerprint density at radius 3 is 2.24 bits per heavy atom. The number of ether oxygens (including phenoxy) is 2. The van der Waals surface area contributed by atoms with Crippen LogP contribution in [0.25, 0.3) is 11.0 Å². The summed E-state index contributed by atoms with van der Waals surface area (Å²) in [4.78, 5) is 4.84. The first kappa shape index (κ1) is 25.7. The third-order valence-electron chi connectivity index (χ3n) is 10.2. The summed E-state index contributed by atoms with van der Waals surface area (Å²) in [5, 5.41) is 4.08. The van der Waals surface area contributed by atoms with Crippen LogP contribution < -0.4 is 14.8 Å². The summed E-state index contributed by atoms with van der Waals surface area (Å²) in [6, 6.07) is 23.7. The van der Waals surface area contributed by atoms with Gasteiger partial charge in [-0.15, -0.1) is 11.8 Å². The molecule has 1 aromatic heterocycles. The lowest BCUT2D eigenvalue weighted by atomic mass is 9.48. The van der Waals surface area contributed by atoms with Gasteiger partial charge in [0.15, 0.2) is 0 Å². The van der Waals surface area contributed by atoms with Crippen LogP contribution in [0.4, 0.5) is 0 Å². The first-order chi connectivity index (χ1) is 20.1. The largest absolute Gasteiger partial charge is 0.486 e. The van der Waals surface area contributed by atoms with E-state index in [-0.39, 0.29) is 0 Å². The molecule has 0 spiro atoms. The highest BCUT2D eigenvalue weighted by Gasteiger charge is 2.51. The fraction of sp³-hybridized carbons (Fsp3) is 0.457. The molecule has 1 saturated heterocycles. The Morgan fingerprint density at radius 1 is 0.878 bits per heavy atom. The molecule has 1 aliphatic heterocycles. The monoisotopic (exact) mass is 565 g/mol. The smallest absolute Gasteiger partial charge is 0.147 e. The SMILES string of the molecule is Cn1c(COc2ccc(CC3CNCS3)cc2)nc2ccc(Oc3ccc(C45CC6CC(CC(C6)C4)C5)cc3)cc21. The van der Waals surface area contributed by atoms with E-state index in [2.05, 4.69) is 71.5 Å². The van der Waals surface area contributed by atoms with Crippen molar-refractivity contribution >= 4 is 22.8 Å². The molecule has 41 heavy (non-hydrogen) atoms. The third kappa shape index (κ3) is 5.03. The van der Waals surface area contributed by atoms with E-state index in [0.29, 0.717) is 17.3 Å². The molecule has 6 heteroatoms. The number of aryl methyl sites for hydroxylation is 1. The zero-order valence-electron chi connectivity index (χ0n) is 23.9. The van der Waals surface area contributed by atoms with E-state index in [1.807, 2.05) is 23.9 Å². The Kier molecular flexibility index (Phi) is 6.52. The van der Waals surface area contributed by atoms with Crippen LogP contribution in [0.15, 0.2) is 66.7 Å². The molecular formula is C35H39N3O2S. The number of benzene rings is 3. The van der Waals surface area contributed by atoms with Gasteiger partial charge < -0.3 is 19.4 Å². The van der Waals surface area contributed by atoms with E-state index in [1.165, 1.54) is 49.7 Å². The van der Waals surface area contributed by atoms with Crippen LogP contribution in [0, 0.1) is 17.8 Å². The highest BCUT2D eigenvalue weighted by Crippen LogP contribution is 2.60. The normalized spacial score (nSPS) is 28.4. The maximum absolute atomic E-state index is 6.33. The van der Waals surface area contributed by atoms with E-state index in [9.17, 15) is 0 Å². The zero-order chi connectivity index (χ0) is 27.4. The number of aromatic nitrogens is 2. The predicted octanol–water partition coefficient (Wildman–Crippen LogP) is 7.62. The second-order valence-corrected chi connectivity index (χ2v) is 14.4. The van der Waals surface area contributed by atoms with Crippen LogP contribution in [0.3, 0.4) is 0 Å². The summed E-state index contributed by atoms with van der Waals surface area (Å²) in [5.74, 6) is 7.45. The second-order valence-electron chi connectivity index (χ2n) is 13.1. The molecule has 4 aromatic rings. The van der Waals surface area contributed by atoms with Gasteiger partial charge in [-0.3, -0.25) is 0 Å². The summed E-state index contributed by atoms with van der Waals surface area (Å²) in [6.07, 6.45) is 9.72. The lowest BCUT2D eigenvalue weighted by Crippen LogP contribution is -2.48. The fourth-order valence-corrected chi connectivity index (χ4v) is 9.63. The molecule has 0 amide bonds. The molecule has 212 valence electrons. The van der Waals surface area contributed by atoms with Crippen LogP contribution in [0.1, 0.15) is 55.5 Å². The Bertz CT molecular complexity index is 1500. The molecule has 5 aliphatic rings. The maximum Gasteiger partial charge on any atom is 0.147 e. The molecular weight excluding hydrogens is 526 g/mol. The summed E-state index contributed by atoms with van der Waals surface area (Å²) < 4.78 is 14.6. The summed E-state index contributed by atoms with van der Waals surface area (Å²) in [7, 11) is 2.05. The Labute approximate surface area is 247 Å². The maximum atomic E-state index is 6.33. The first-order valence-corrected chi connectivity index (χ1v) is 16.4. The van der Waals surface area contributed by atoms with E-state index in [0.717, 1.165) is 70.7 Å². The van der Waals surface area contributed by atoms with Gasteiger partial charge in [0.05, 0.1) is 11.0 Å². The van der Waals surface area contributed by atoms with Crippen molar-refractivity contribution in [3.63, 3.8) is 0 Å². The van der Waals surface area contributed by atoms with E-state index < -0.39 is 0 Å². The Morgan fingerprint density at radius 2 is 1.56 bits per heavy atom. The van der Waals surface area contributed by atoms with Gasteiger partial charge in [0, 0.05) is 30.8 Å². The van der Waals surface area contributed by atoms with Gasteiger partial charge in [0.2, 0.25) is 0 Å². The fourth-order valence-electron chi connectivity index (χ4n) is 8.61. The Hall–Kier alpha value is -2.96. The molecule has 3 aromatic carbocycles. The van der Waals surface area contributed by atoms with Crippen LogP contribution in [-0.4, -0.2) is 27.2 Å². The van der Waals surface area contributed by atoms with Crippen LogP contribution in [-0.2, 0) is 25.5 Å². The van der Waals surface area contributed by atoms with Crippen molar-refractivity contribution in [1.82, 2.24) is 14.9 Å². The van der Waals surface area contributed by atoms with Gasteiger partial charge in [0.1, 0.15) is 29.7 Å². The summed E-state index contributed by atoms with van der Waals surface area (Å²) >= 11 is 2.00. The molecule has 9 rings (SSSR count). The average molecular weight is 566 g/mol. The van der Waals surface area contributed by atoms with Crippen LogP contribution in [0.5, 0.6) is 17.2 Å². The number of imidazole rings is 1. The number of thioether (sulfide) groups is 1. The van der Waals surface area contributed by atoms with Gasteiger partial charge in [0.25, 0.3) is 0 Å². The minimum absolute atomic E-state index is 0.424. The Balaban J connectivity index is 0.927. The predicted molar refractivity (Wildman–Crippen MR) is 166 cm³/mol. The molecule has 4 aliphatic carbocycles. The third-order valence-corrected chi connectivity index (χ3v) is 11.4. The van der Waals surface area contributed by atoms with E-state index in [1.54, 1.807) is 0 Å². The molecule has 1 atom stereocenters. The van der Waals surface area contributed by atoms with Gasteiger partial charge in [-0.25, -0.2) is 4.98 Å². The number of hydrogen-bond donors (Lipinski definition) is 1. The lowest BCUT2D eigenvalue weighted by molar-refractivity contribution is -0.00519. The minimum Gasteiger partial charge on any atom is -0.486 e. The molecule has 5 nitrogen and oxygen atoms in total. The molecule has 1 N–H and O–H groups in total. The molecule has 1 unspecified atom stereocenters. The van der Waals surface area contributed by atoms with E-state index in [4.69, 9.17) is 14.5 Å². The van der Waals surface area contributed by atoms with Crippen LogP contribution >= 0.6 is 11.8 Å². The standard InChI is InChI=1S/C35H39N3O2S/c1-38-33-16-30(40-29-8-4-27(5-9-29)35-17-24-12-25(18-35)14-26(13-24)19-35)10-11-32(33)37-34(38)21-39-28-6-2-23(3-7-28)15-31-20-36-22-41-31/h2-11,16,24-26,31,36H,12-15,17-22H2,1H3. The highest BCUT2D eigenvalue weighted by molar-refractivity contribution is 8.00. The van der Waals surface area contributed by atoms with Crippen LogP contribution in [0.2, 0.25) is 0 Å². The van der Waals surface area contributed by atoms with Gasteiger partial charge in [-0.2, -0.15) is 0 Å². The molecule has 4 bridgehead atoms.